The van der Waals surface area contributed by atoms with Gasteiger partial charge in [-0.15, -0.1) is 0 Å². The first-order valence-electron chi connectivity index (χ1n) is 8.29. The zero-order valence-corrected chi connectivity index (χ0v) is 14.9. The number of nitrogens with zero attached hydrogens (tertiary/aromatic N) is 6. The Bertz CT molecular complexity index is 1100. The van der Waals surface area contributed by atoms with Crippen LogP contribution in [0.5, 0.6) is 5.88 Å². The van der Waals surface area contributed by atoms with Gasteiger partial charge in [0.05, 0.1) is 30.6 Å². The largest absolute Gasteiger partial charge is 0.481 e. The van der Waals surface area contributed by atoms with Crippen LogP contribution in [0.15, 0.2) is 60.2 Å². The van der Waals surface area contributed by atoms with E-state index in [1.807, 2.05) is 31.2 Å². The summed E-state index contributed by atoms with van der Waals surface area (Å²) in [4.78, 5) is 12.8. The van der Waals surface area contributed by atoms with Crippen LogP contribution in [-0.4, -0.2) is 38.1 Å². The molecule has 0 fully saturated rings. The van der Waals surface area contributed by atoms with E-state index in [0.717, 1.165) is 22.2 Å². The molecule has 1 aromatic carbocycles. The molecule has 0 atom stereocenters. The van der Waals surface area contributed by atoms with Crippen molar-refractivity contribution < 1.29 is 4.74 Å². The molecule has 0 spiro atoms. The number of ether oxygens (including phenoxy) is 1. The van der Waals surface area contributed by atoms with Crippen molar-refractivity contribution >= 4 is 23.1 Å². The van der Waals surface area contributed by atoms with Crippen LogP contribution in [0, 0.1) is 6.92 Å². The molecule has 27 heavy (non-hydrogen) atoms. The second-order valence-electron chi connectivity index (χ2n) is 5.86. The molecular weight excluding hydrogens is 342 g/mol. The fourth-order valence-corrected chi connectivity index (χ4v) is 2.64. The molecule has 0 saturated carbocycles. The lowest BCUT2D eigenvalue weighted by Crippen LogP contribution is -1.99. The highest BCUT2D eigenvalue weighted by Gasteiger charge is 2.10. The van der Waals surface area contributed by atoms with Crippen molar-refractivity contribution in [2.75, 3.05) is 12.5 Å². The smallest absolute Gasteiger partial charge is 0.212 e. The zero-order valence-electron chi connectivity index (χ0n) is 14.9. The normalized spacial score (nSPS) is 11.2. The Morgan fingerprint density at radius 2 is 2.04 bits per heavy atom. The first kappa shape index (κ1) is 16.6. The molecule has 8 nitrogen and oxygen atoms in total. The summed E-state index contributed by atoms with van der Waals surface area (Å²) in [5, 5.41) is 9.46. The first-order valence-corrected chi connectivity index (χ1v) is 8.29. The summed E-state index contributed by atoms with van der Waals surface area (Å²) in [6.07, 6.45) is 6.55. The van der Waals surface area contributed by atoms with Gasteiger partial charge in [0.1, 0.15) is 6.33 Å². The maximum absolute atomic E-state index is 5.04. The van der Waals surface area contributed by atoms with E-state index < -0.39 is 0 Å². The lowest BCUT2D eigenvalue weighted by molar-refractivity contribution is 0.398. The number of anilines is 1. The van der Waals surface area contributed by atoms with E-state index in [-0.39, 0.29) is 0 Å². The van der Waals surface area contributed by atoms with Gasteiger partial charge in [-0.3, -0.25) is 5.43 Å². The monoisotopic (exact) mass is 359 g/mol. The van der Waals surface area contributed by atoms with Crippen LogP contribution >= 0.6 is 0 Å². The van der Waals surface area contributed by atoms with Crippen molar-refractivity contribution in [3.63, 3.8) is 0 Å². The van der Waals surface area contributed by atoms with Crippen molar-refractivity contribution in [3.05, 3.63) is 66.2 Å². The Morgan fingerprint density at radius 3 is 2.81 bits per heavy atom. The number of fused-ring (bicyclic) bond motifs is 1. The molecular formula is C19H17N7O. The summed E-state index contributed by atoms with van der Waals surface area (Å²) in [6.45, 7) is 2.04. The van der Waals surface area contributed by atoms with E-state index in [9.17, 15) is 0 Å². The van der Waals surface area contributed by atoms with Gasteiger partial charge in [-0.25, -0.2) is 19.6 Å². The number of hydrogen-bond acceptors (Lipinski definition) is 7. The number of pyridine rings is 1. The van der Waals surface area contributed by atoms with Gasteiger partial charge in [0.2, 0.25) is 5.88 Å². The molecule has 0 bridgehead atoms. The Kier molecular flexibility index (Phi) is 4.44. The first-order chi connectivity index (χ1) is 13.2. The van der Waals surface area contributed by atoms with Gasteiger partial charge in [0.15, 0.2) is 11.5 Å². The van der Waals surface area contributed by atoms with E-state index in [2.05, 4.69) is 36.6 Å². The van der Waals surface area contributed by atoms with Crippen molar-refractivity contribution in [2.45, 2.75) is 6.92 Å². The Labute approximate surface area is 155 Å². The Morgan fingerprint density at radius 1 is 1.11 bits per heavy atom. The van der Waals surface area contributed by atoms with Crippen LogP contribution in [0.3, 0.4) is 0 Å². The van der Waals surface area contributed by atoms with E-state index in [4.69, 9.17) is 4.74 Å². The molecule has 1 N–H and O–H groups in total. The molecule has 8 heteroatoms. The summed E-state index contributed by atoms with van der Waals surface area (Å²) in [5.74, 6) is 1.14. The molecule has 0 amide bonds. The fourth-order valence-electron chi connectivity index (χ4n) is 2.64. The van der Waals surface area contributed by atoms with Gasteiger partial charge in [-0.2, -0.15) is 10.2 Å². The zero-order chi connectivity index (χ0) is 18.6. The molecule has 4 rings (SSSR count). The van der Waals surface area contributed by atoms with Gasteiger partial charge in [0.25, 0.3) is 0 Å². The van der Waals surface area contributed by atoms with Crippen LogP contribution in [-0.2, 0) is 0 Å². The average molecular weight is 359 g/mol. The summed E-state index contributed by atoms with van der Waals surface area (Å²) in [6, 6.07) is 11.7. The number of aromatic nitrogens is 5. The summed E-state index contributed by atoms with van der Waals surface area (Å²) in [5.41, 5.74) is 6.59. The average Bonchev–Trinajstić information content (AvgIpc) is 3.13. The second-order valence-corrected chi connectivity index (χ2v) is 5.86. The molecule has 0 unspecified atom stereocenters. The van der Waals surface area contributed by atoms with E-state index in [1.165, 1.54) is 6.33 Å². The third-order valence-corrected chi connectivity index (χ3v) is 3.96. The number of hydrogen-bond donors (Lipinski definition) is 1. The summed E-state index contributed by atoms with van der Waals surface area (Å²) < 4.78 is 6.82. The lowest BCUT2D eigenvalue weighted by atomic mass is 10.2. The van der Waals surface area contributed by atoms with Gasteiger partial charge >= 0.3 is 0 Å². The Balaban J connectivity index is 1.60. The minimum Gasteiger partial charge on any atom is -0.481 e. The van der Waals surface area contributed by atoms with Crippen molar-refractivity contribution in [1.82, 2.24) is 24.7 Å². The highest BCUT2D eigenvalue weighted by molar-refractivity contribution is 5.88. The fraction of sp³-hybridized carbons (Fsp3) is 0.105. The SMILES string of the molecule is COc1ccc(C=NNc2ncnc3c2cnn3-c2cccc(C)c2)cn1. The van der Waals surface area contributed by atoms with Crippen molar-refractivity contribution in [1.29, 1.82) is 0 Å². The third kappa shape index (κ3) is 3.45. The predicted octanol–water partition coefficient (Wildman–Crippen LogP) is 2.97. The van der Waals surface area contributed by atoms with E-state index in [1.54, 1.807) is 36.5 Å². The minimum absolute atomic E-state index is 0.557. The van der Waals surface area contributed by atoms with Gasteiger partial charge in [-0.05, 0) is 30.7 Å². The minimum atomic E-state index is 0.557. The predicted molar refractivity (Wildman–Crippen MR) is 103 cm³/mol. The molecule has 0 aliphatic carbocycles. The van der Waals surface area contributed by atoms with Crippen LogP contribution in [0.4, 0.5) is 5.82 Å². The van der Waals surface area contributed by atoms with Gasteiger partial charge in [0, 0.05) is 17.8 Å². The highest BCUT2D eigenvalue weighted by atomic mass is 16.5. The van der Waals surface area contributed by atoms with E-state index >= 15 is 0 Å². The van der Waals surface area contributed by atoms with Crippen molar-refractivity contribution in [3.8, 4) is 11.6 Å². The van der Waals surface area contributed by atoms with E-state index in [0.29, 0.717) is 17.3 Å². The third-order valence-electron chi connectivity index (χ3n) is 3.96. The molecule has 3 aromatic heterocycles. The van der Waals surface area contributed by atoms with Crippen LogP contribution < -0.4 is 10.2 Å². The quantitative estimate of drug-likeness (QED) is 0.435. The topological polar surface area (TPSA) is 90.1 Å². The van der Waals surface area contributed by atoms with Gasteiger partial charge < -0.3 is 4.74 Å². The summed E-state index contributed by atoms with van der Waals surface area (Å²) in [7, 11) is 1.58. The lowest BCUT2D eigenvalue weighted by Gasteiger charge is -2.04. The van der Waals surface area contributed by atoms with Gasteiger partial charge in [-0.1, -0.05) is 12.1 Å². The molecule has 0 aliphatic heterocycles. The molecule has 134 valence electrons. The van der Waals surface area contributed by atoms with Crippen LogP contribution in [0.1, 0.15) is 11.1 Å². The maximum Gasteiger partial charge on any atom is 0.212 e. The number of methoxy groups -OCH3 is 1. The number of nitrogens with one attached hydrogen (secondary N) is 1. The Hall–Kier alpha value is -3.81. The number of rotatable bonds is 5. The molecule has 0 radical (unpaired) electrons. The summed E-state index contributed by atoms with van der Waals surface area (Å²) >= 11 is 0. The van der Waals surface area contributed by atoms with Crippen LogP contribution in [0.25, 0.3) is 16.7 Å². The second kappa shape index (κ2) is 7.20. The highest BCUT2D eigenvalue weighted by Crippen LogP contribution is 2.22. The number of hydrazone groups is 1. The number of benzene rings is 1. The van der Waals surface area contributed by atoms with Crippen molar-refractivity contribution in [2.24, 2.45) is 5.10 Å². The number of aryl methyl sites for hydroxylation is 1. The molecule has 3 heterocycles. The maximum atomic E-state index is 5.04. The molecule has 4 aromatic rings. The molecule has 0 aliphatic rings. The van der Waals surface area contributed by atoms with Crippen LogP contribution in [0.2, 0.25) is 0 Å². The molecule has 0 saturated heterocycles. The standard InChI is InChI=1S/C19H17N7O/c1-13-4-3-5-15(8-13)26-19-16(11-24-26)18(21-12-22-19)25-23-10-14-6-7-17(27-2)20-9-14/h3-12H,1-2H3,(H,21,22,25).